The van der Waals surface area contributed by atoms with Crippen molar-refractivity contribution in [3.63, 3.8) is 0 Å². The van der Waals surface area contributed by atoms with Crippen LogP contribution in [-0.4, -0.2) is 53.1 Å². The lowest BCUT2D eigenvalue weighted by Gasteiger charge is -2.27. The van der Waals surface area contributed by atoms with Crippen molar-refractivity contribution in [1.29, 1.82) is 0 Å². The van der Waals surface area contributed by atoms with Crippen molar-refractivity contribution >= 4 is 23.8 Å². The maximum atomic E-state index is 11.8. The maximum Gasteiger partial charge on any atom is 0.317 e. The van der Waals surface area contributed by atoms with Crippen LogP contribution in [0.4, 0.5) is 4.79 Å². The molecule has 1 rings (SSSR count). The van der Waals surface area contributed by atoms with E-state index in [1.807, 2.05) is 25.6 Å². The number of carbonyl (C=O) groups is 2. The zero-order valence-electron chi connectivity index (χ0n) is 10.3. The summed E-state index contributed by atoms with van der Waals surface area (Å²) < 4.78 is 0. The molecule has 1 fully saturated rings. The number of amides is 2. The number of hydrogen-bond donors (Lipinski definition) is 2. The molecule has 0 bridgehead atoms. The van der Waals surface area contributed by atoms with Crippen LogP contribution in [0.5, 0.6) is 0 Å². The van der Waals surface area contributed by atoms with Gasteiger partial charge in [-0.25, -0.2) is 4.79 Å². The number of aliphatic carboxylic acids is 1. The molecule has 17 heavy (non-hydrogen) atoms. The second-order valence-electron chi connectivity index (χ2n) is 4.47. The minimum atomic E-state index is -0.852. The predicted octanol–water partition coefficient (Wildman–Crippen LogP) is 1.10. The number of hydrogen-bond acceptors (Lipinski definition) is 3. The highest BCUT2D eigenvalue weighted by Gasteiger charge is 2.23. The van der Waals surface area contributed by atoms with Crippen molar-refractivity contribution in [1.82, 2.24) is 10.2 Å². The van der Waals surface area contributed by atoms with Gasteiger partial charge in [0.05, 0.1) is 5.92 Å². The monoisotopic (exact) mass is 260 g/mol. The number of thioether (sulfide) groups is 1. The number of nitrogens with zero attached hydrogens (tertiary/aromatic N) is 1. The van der Waals surface area contributed by atoms with E-state index in [9.17, 15) is 9.59 Å². The summed E-state index contributed by atoms with van der Waals surface area (Å²) in [5, 5.41) is 11.7. The Bertz CT molecular complexity index is 278. The number of carbonyl (C=O) groups excluding carboxylic acids is 1. The molecule has 98 valence electrons. The highest BCUT2D eigenvalue weighted by molar-refractivity contribution is 7.99. The van der Waals surface area contributed by atoms with Crippen LogP contribution < -0.4 is 5.32 Å². The molecule has 0 aromatic heterocycles. The van der Waals surface area contributed by atoms with Gasteiger partial charge in [-0.3, -0.25) is 4.79 Å². The van der Waals surface area contributed by atoms with Gasteiger partial charge < -0.3 is 15.3 Å². The molecule has 1 aliphatic rings. The topological polar surface area (TPSA) is 69.6 Å². The molecular weight excluding hydrogens is 240 g/mol. The summed E-state index contributed by atoms with van der Waals surface area (Å²) in [7, 11) is 0. The first-order valence-corrected chi connectivity index (χ1v) is 7.01. The molecule has 1 atom stereocenters. The van der Waals surface area contributed by atoms with Crippen LogP contribution in [0.2, 0.25) is 0 Å². The normalized spacial score (nSPS) is 17.9. The van der Waals surface area contributed by atoms with Gasteiger partial charge in [0.2, 0.25) is 0 Å². The van der Waals surface area contributed by atoms with Crippen molar-refractivity contribution in [3.05, 3.63) is 0 Å². The summed E-state index contributed by atoms with van der Waals surface area (Å²) in [5.74, 6) is 0.567. The Morgan fingerprint density at radius 3 is 2.41 bits per heavy atom. The molecule has 0 aromatic carbocycles. The third-order valence-corrected chi connectivity index (χ3v) is 3.84. The fourth-order valence-corrected chi connectivity index (χ4v) is 2.59. The van der Waals surface area contributed by atoms with Gasteiger partial charge in [-0.2, -0.15) is 11.8 Å². The number of nitrogens with one attached hydrogen (secondary N) is 1. The molecular formula is C11H20N2O3S. The van der Waals surface area contributed by atoms with Crippen molar-refractivity contribution in [2.45, 2.75) is 13.8 Å². The molecule has 1 unspecified atom stereocenters. The molecule has 0 radical (unpaired) electrons. The van der Waals surface area contributed by atoms with Crippen molar-refractivity contribution < 1.29 is 14.7 Å². The highest BCUT2D eigenvalue weighted by Crippen LogP contribution is 2.11. The molecule has 6 heteroatoms. The molecule has 1 heterocycles. The van der Waals surface area contributed by atoms with Gasteiger partial charge in [-0.1, -0.05) is 13.8 Å². The Labute approximate surface area is 106 Å². The van der Waals surface area contributed by atoms with E-state index in [4.69, 9.17) is 5.11 Å². The highest BCUT2D eigenvalue weighted by atomic mass is 32.2. The molecule has 1 saturated heterocycles. The Morgan fingerprint density at radius 2 is 1.94 bits per heavy atom. The molecule has 0 aliphatic carbocycles. The number of rotatable bonds is 4. The van der Waals surface area contributed by atoms with Crippen LogP contribution in [0.3, 0.4) is 0 Å². The summed E-state index contributed by atoms with van der Waals surface area (Å²) in [6, 6.07) is -0.141. The van der Waals surface area contributed by atoms with Gasteiger partial charge in [0, 0.05) is 31.1 Å². The SMILES string of the molecule is CC(C)C(CNC(=O)N1CCSCC1)C(=O)O. The maximum absolute atomic E-state index is 11.8. The van der Waals surface area contributed by atoms with Crippen LogP contribution in [0.25, 0.3) is 0 Å². The van der Waals surface area contributed by atoms with Crippen LogP contribution >= 0.6 is 11.8 Å². The van der Waals surface area contributed by atoms with Crippen LogP contribution in [0.15, 0.2) is 0 Å². The second-order valence-corrected chi connectivity index (χ2v) is 5.70. The predicted molar refractivity (Wildman–Crippen MR) is 68.3 cm³/mol. The van der Waals surface area contributed by atoms with Gasteiger partial charge in [-0.15, -0.1) is 0 Å². The standard InChI is InChI=1S/C11H20N2O3S/c1-8(2)9(10(14)15)7-12-11(16)13-3-5-17-6-4-13/h8-9H,3-7H2,1-2H3,(H,12,16)(H,14,15). The number of carboxylic acids is 1. The third kappa shape index (κ3) is 4.46. The summed E-state index contributed by atoms with van der Waals surface area (Å²) in [4.78, 5) is 24.5. The quantitative estimate of drug-likeness (QED) is 0.794. The van der Waals surface area contributed by atoms with E-state index in [-0.39, 0.29) is 18.5 Å². The fraction of sp³-hybridized carbons (Fsp3) is 0.818. The average molecular weight is 260 g/mol. The van der Waals surface area contributed by atoms with Gasteiger partial charge in [0.25, 0.3) is 0 Å². The van der Waals surface area contributed by atoms with Gasteiger partial charge >= 0.3 is 12.0 Å². The summed E-state index contributed by atoms with van der Waals surface area (Å²) in [5.41, 5.74) is 0. The lowest BCUT2D eigenvalue weighted by molar-refractivity contribution is -0.142. The van der Waals surface area contributed by atoms with E-state index in [2.05, 4.69) is 5.32 Å². The Balaban J connectivity index is 2.37. The lowest BCUT2D eigenvalue weighted by atomic mass is 9.96. The van der Waals surface area contributed by atoms with Crippen molar-refractivity contribution in [3.8, 4) is 0 Å². The Hall–Kier alpha value is -0.910. The fourth-order valence-electron chi connectivity index (χ4n) is 1.68. The van der Waals surface area contributed by atoms with Gasteiger partial charge in [-0.05, 0) is 5.92 Å². The third-order valence-electron chi connectivity index (χ3n) is 2.89. The van der Waals surface area contributed by atoms with Crippen molar-refractivity contribution in [2.24, 2.45) is 11.8 Å². The first-order valence-electron chi connectivity index (χ1n) is 5.85. The van der Waals surface area contributed by atoms with E-state index < -0.39 is 11.9 Å². The molecule has 0 aromatic rings. The minimum absolute atomic E-state index is 0.0183. The smallest absolute Gasteiger partial charge is 0.317 e. The van der Waals surface area contributed by atoms with Gasteiger partial charge in [0.15, 0.2) is 0 Å². The number of carboxylic acid groups (broad SMARTS) is 1. The van der Waals surface area contributed by atoms with Gasteiger partial charge in [0.1, 0.15) is 0 Å². The summed E-state index contributed by atoms with van der Waals surface area (Å²) in [6.07, 6.45) is 0. The van der Waals surface area contributed by atoms with E-state index in [0.29, 0.717) is 0 Å². The molecule has 2 amide bonds. The molecule has 0 saturated carbocycles. The Morgan fingerprint density at radius 1 is 1.35 bits per heavy atom. The molecule has 0 spiro atoms. The largest absolute Gasteiger partial charge is 0.481 e. The molecule has 2 N–H and O–H groups in total. The van der Waals surface area contributed by atoms with E-state index in [1.54, 1.807) is 4.90 Å². The van der Waals surface area contributed by atoms with Crippen LogP contribution in [-0.2, 0) is 4.79 Å². The molecule has 5 nitrogen and oxygen atoms in total. The summed E-state index contributed by atoms with van der Waals surface area (Å²) >= 11 is 1.83. The van der Waals surface area contributed by atoms with E-state index in [0.717, 1.165) is 24.6 Å². The zero-order chi connectivity index (χ0) is 12.8. The van der Waals surface area contributed by atoms with E-state index >= 15 is 0 Å². The second kappa shape index (κ2) is 6.74. The summed E-state index contributed by atoms with van der Waals surface area (Å²) in [6.45, 7) is 5.40. The Kier molecular flexibility index (Phi) is 5.61. The van der Waals surface area contributed by atoms with Crippen molar-refractivity contribution in [2.75, 3.05) is 31.1 Å². The number of urea groups is 1. The zero-order valence-corrected chi connectivity index (χ0v) is 11.1. The lowest BCUT2D eigenvalue weighted by Crippen LogP contribution is -2.46. The van der Waals surface area contributed by atoms with Crippen LogP contribution in [0, 0.1) is 11.8 Å². The first-order chi connectivity index (χ1) is 8.02. The van der Waals surface area contributed by atoms with E-state index in [1.165, 1.54) is 0 Å². The van der Waals surface area contributed by atoms with Crippen LogP contribution in [0.1, 0.15) is 13.8 Å². The first kappa shape index (κ1) is 14.2. The molecule has 1 aliphatic heterocycles. The average Bonchev–Trinajstić information content (AvgIpc) is 2.29. The minimum Gasteiger partial charge on any atom is -0.481 e.